The van der Waals surface area contributed by atoms with Crippen LogP contribution >= 0.6 is 11.8 Å². The summed E-state index contributed by atoms with van der Waals surface area (Å²) in [7, 11) is 0. The Hall–Kier alpha value is -0.210. The van der Waals surface area contributed by atoms with Crippen molar-refractivity contribution in [1.29, 1.82) is 0 Å². The second-order valence-corrected chi connectivity index (χ2v) is 4.51. The van der Waals surface area contributed by atoms with Crippen LogP contribution in [0.2, 0.25) is 0 Å². The predicted molar refractivity (Wildman–Crippen MR) is 53.2 cm³/mol. The van der Waals surface area contributed by atoms with Gasteiger partial charge in [-0.3, -0.25) is 0 Å². The van der Waals surface area contributed by atoms with E-state index in [0.29, 0.717) is 6.61 Å². The van der Waals surface area contributed by atoms with Crippen LogP contribution in [0.15, 0.2) is 23.8 Å². The first-order chi connectivity index (χ1) is 5.90. The summed E-state index contributed by atoms with van der Waals surface area (Å²) in [6.45, 7) is 0.307. The van der Waals surface area contributed by atoms with Crippen molar-refractivity contribution in [1.82, 2.24) is 0 Å². The number of allylic oxidation sites excluding steroid dienone is 3. The van der Waals surface area contributed by atoms with Crippen LogP contribution in [0.5, 0.6) is 0 Å². The van der Waals surface area contributed by atoms with Gasteiger partial charge in [0.05, 0.1) is 6.61 Å². The molecule has 0 spiro atoms. The van der Waals surface area contributed by atoms with Crippen LogP contribution in [0, 0.1) is 11.8 Å². The summed E-state index contributed by atoms with van der Waals surface area (Å²) in [5.41, 5.74) is 1.58. The van der Waals surface area contributed by atoms with Crippen LogP contribution in [0.3, 0.4) is 0 Å². The summed E-state index contributed by atoms with van der Waals surface area (Å²) in [5.74, 6) is 3.46. The van der Waals surface area contributed by atoms with Crippen molar-refractivity contribution in [3.8, 4) is 0 Å². The Balaban J connectivity index is 1.79. The molecule has 0 heterocycles. The zero-order valence-electron chi connectivity index (χ0n) is 7.07. The molecule has 0 fully saturated rings. The largest absolute Gasteiger partial charge is 0.396 e. The highest BCUT2D eigenvalue weighted by Crippen LogP contribution is 2.39. The lowest BCUT2D eigenvalue weighted by Crippen LogP contribution is -1.98. The molecule has 0 saturated heterocycles. The van der Waals surface area contributed by atoms with E-state index in [1.807, 2.05) is 11.8 Å². The monoisotopic (exact) mass is 182 g/mol. The number of hydrogen-bond donors (Lipinski definition) is 1. The van der Waals surface area contributed by atoms with Crippen molar-refractivity contribution in [3.05, 3.63) is 23.8 Å². The van der Waals surface area contributed by atoms with Gasteiger partial charge in [0.25, 0.3) is 0 Å². The summed E-state index contributed by atoms with van der Waals surface area (Å²) in [6, 6.07) is 0. The highest BCUT2D eigenvalue weighted by Gasteiger charge is 2.27. The van der Waals surface area contributed by atoms with Crippen LogP contribution in [0.4, 0.5) is 0 Å². The van der Waals surface area contributed by atoms with Gasteiger partial charge in [0.15, 0.2) is 0 Å². The minimum atomic E-state index is 0.307. The molecule has 2 aliphatic carbocycles. The lowest BCUT2D eigenvalue weighted by molar-refractivity contribution is 0.322. The highest BCUT2D eigenvalue weighted by atomic mass is 32.2. The number of aliphatic hydroxyl groups excluding tert-OH is 1. The minimum Gasteiger partial charge on any atom is -0.396 e. The Morgan fingerprint density at radius 2 is 2.42 bits per heavy atom. The molecule has 2 atom stereocenters. The molecule has 0 amide bonds. The second-order valence-electron chi connectivity index (χ2n) is 3.41. The van der Waals surface area contributed by atoms with Crippen LogP contribution in [0.25, 0.3) is 0 Å². The zero-order valence-corrected chi connectivity index (χ0v) is 7.89. The molecular weight excluding hydrogens is 168 g/mol. The Morgan fingerprint density at radius 1 is 1.50 bits per heavy atom. The molecule has 66 valence electrons. The average Bonchev–Trinajstić information content (AvgIpc) is 2.65. The standard InChI is InChI=1S/C10H14OS/c11-3-4-12-7-10-6-8-1-2-9(10)5-8/h1-2,6,8-9,11H,3-5,7H2/t8-,9+/m0/s1. The van der Waals surface area contributed by atoms with E-state index in [1.165, 1.54) is 6.42 Å². The van der Waals surface area contributed by atoms with E-state index in [9.17, 15) is 0 Å². The van der Waals surface area contributed by atoms with Gasteiger partial charge in [-0.15, -0.1) is 0 Å². The zero-order chi connectivity index (χ0) is 8.39. The molecular formula is C10H14OS. The number of rotatable bonds is 4. The van der Waals surface area contributed by atoms with Crippen LogP contribution in [0.1, 0.15) is 6.42 Å². The van der Waals surface area contributed by atoms with Crippen LogP contribution in [-0.2, 0) is 0 Å². The molecule has 2 aliphatic rings. The van der Waals surface area contributed by atoms with Crippen LogP contribution in [-0.4, -0.2) is 23.2 Å². The molecule has 2 heteroatoms. The molecule has 12 heavy (non-hydrogen) atoms. The molecule has 1 N–H and O–H groups in total. The summed E-state index contributed by atoms with van der Waals surface area (Å²) < 4.78 is 0. The smallest absolute Gasteiger partial charge is 0.0521 e. The van der Waals surface area contributed by atoms with Crippen molar-refractivity contribution < 1.29 is 5.11 Å². The van der Waals surface area contributed by atoms with E-state index in [1.54, 1.807) is 5.57 Å². The fraction of sp³-hybridized carbons (Fsp3) is 0.600. The molecule has 0 aromatic heterocycles. The molecule has 1 nitrogen and oxygen atoms in total. The Morgan fingerprint density at radius 3 is 3.00 bits per heavy atom. The summed E-state index contributed by atoms with van der Waals surface area (Å²) >= 11 is 1.84. The molecule has 0 aromatic carbocycles. The van der Waals surface area contributed by atoms with Gasteiger partial charge in [0.2, 0.25) is 0 Å². The van der Waals surface area contributed by atoms with E-state index in [4.69, 9.17) is 5.11 Å². The molecule has 2 bridgehead atoms. The van der Waals surface area contributed by atoms with E-state index in [0.717, 1.165) is 23.3 Å². The first-order valence-electron chi connectivity index (χ1n) is 4.47. The maximum Gasteiger partial charge on any atom is 0.0521 e. The third-order valence-corrected chi connectivity index (χ3v) is 3.53. The van der Waals surface area contributed by atoms with Gasteiger partial charge >= 0.3 is 0 Å². The predicted octanol–water partition coefficient (Wildman–Crippen LogP) is 1.84. The molecule has 0 unspecified atom stereocenters. The maximum atomic E-state index is 8.62. The topological polar surface area (TPSA) is 20.2 Å². The number of thioether (sulfide) groups is 1. The molecule has 0 aliphatic heterocycles. The molecule has 2 rings (SSSR count). The lowest BCUT2D eigenvalue weighted by Gasteiger charge is -2.08. The third-order valence-electron chi connectivity index (χ3n) is 2.53. The van der Waals surface area contributed by atoms with Gasteiger partial charge in [-0.25, -0.2) is 0 Å². The van der Waals surface area contributed by atoms with E-state index < -0.39 is 0 Å². The first-order valence-corrected chi connectivity index (χ1v) is 5.63. The van der Waals surface area contributed by atoms with Gasteiger partial charge < -0.3 is 5.11 Å². The van der Waals surface area contributed by atoms with Crippen molar-refractivity contribution in [2.75, 3.05) is 18.1 Å². The Bertz CT molecular complexity index is 220. The van der Waals surface area contributed by atoms with Crippen molar-refractivity contribution in [3.63, 3.8) is 0 Å². The molecule has 0 radical (unpaired) electrons. The van der Waals surface area contributed by atoms with E-state index >= 15 is 0 Å². The van der Waals surface area contributed by atoms with Gasteiger partial charge in [-0.05, 0) is 18.3 Å². The maximum absolute atomic E-state index is 8.62. The van der Waals surface area contributed by atoms with Gasteiger partial charge in [0.1, 0.15) is 0 Å². The van der Waals surface area contributed by atoms with E-state index in [-0.39, 0.29) is 0 Å². The third kappa shape index (κ3) is 1.59. The van der Waals surface area contributed by atoms with Gasteiger partial charge in [-0.2, -0.15) is 11.8 Å². The number of aliphatic hydroxyl groups is 1. The highest BCUT2D eigenvalue weighted by molar-refractivity contribution is 7.99. The normalized spacial score (nSPS) is 31.2. The SMILES string of the molecule is OCCSCC1=C[C@H]2C=C[C@@H]1C2. The second kappa shape index (κ2) is 3.67. The van der Waals surface area contributed by atoms with Gasteiger partial charge in [0, 0.05) is 11.5 Å². The number of hydrogen-bond acceptors (Lipinski definition) is 2. The first kappa shape index (κ1) is 8.39. The Labute approximate surface area is 77.6 Å². The van der Waals surface area contributed by atoms with Crippen LogP contribution < -0.4 is 0 Å². The summed E-state index contributed by atoms with van der Waals surface area (Å²) in [5, 5.41) is 8.62. The molecule has 0 aromatic rings. The minimum absolute atomic E-state index is 0.307. The summed E-state index contributed by atoms with van der Waals surface area (Å²) in [4.78, 5) is 0. The van der Waals surface area contributed by atoms with Crippen molar-refractivity contribution in [2.45, 2.75) is 6.42 Å². The van der Waals surface area contributed by atoms with Crippen molar-refractivity contribution in [2.24, 2.45) is 11.8 Å². The molecule has 0 saturated carbocycles. The fourth-order valence-corrected chi connectivity index (χ4v) is 2.75. The summed E-state index contributed by atoms with van der Waals surface area (Å²) in [6.07, 6.45) is 8.36. The van der Waals surface area contributed by atoms with Gasteiger partial charge in [-0.1, -0.05) is 23.8 Å². The average molecular weight is 182 g/mol. The lowest BCUT2D eigenvalue weighted by atomic mass is 10.1. The quantitative estimate of drug-likeness (QED) is 0.529. The fourth-order valence-electron chi connectivity index (χ4n) is 1.93. The van der Waals surface area contributed by atoms with E-state index in [2.05, 4.69) is 18.2 Å². The number of fused-ring (bicyclic) bond motifs is 2. The van der Waals surface area contributed by atoms with Crippen molar-refractivity contribution >= 4 is 11.8 Å². The Kier molecular flexibility index (Phi) is 2.57.